The molecule has 1 atom stereocenters. The molecule has 0 heterocycles. The molecule has 0 bridgehead atoms. The van der Waals surface area contributed by atoms with Gasteiger partial charge in [0.15, 0.2) is 5.11 Å². The number of carbonyl (C=O) groups excluding carboxylic acids is 1. The minimum Gasteiger partial charge on any atom is -0.332 e. The number of nitrogens with one attached hydrogen (secondary N) is 2. The van der Waals surface area contributed by atoms with Crippen molar-refractivity contribution < 1.29 is 9.72 Å². The van der Waals surface area contributed by atoms with E-state index in [4.69, 9.17) is 12.2 Å². The molecule has 2 aromatic carbocycles. The number of rotatable bonds is 5. The molecule has 6 nitrogen and oxygen atoms in total. The third-order valence-corrected chi connectivity index (χ3v) is 4.12. The van der Waals surface area contributed by atoms with Crippen molar-refractivity contribution in [3.63, 3.8) is 0 Å². The molecule has 0 spiro atoms. The molecule has 2 N–H and O–H groups in total. The van der Waals surface area contributed by atoms with Gasteiger partial charge < -0.3 is 5.32 Å². The number of hydrogen-bond donors (Lipinski definition) is 2. The number of hydrogen-bond acceptors (Lipinski definition) is 4. The van der Waals surface area contributed by atoms with Crippen molar-refractivity contribution in [3.8, 4) is 0 Å². The van der Waals surface area contributed by atoms with E-state index in [1.807, 2.05) is 24.3 Å². The highest BCUT2D eigenvalue weighted by atomic mass is 32.1. The van der Waals surface area contributed by atoms with Gasteiger partial charge >= 0.3 is 0 Å². The Bertz CT molecular complexity index is 773. The fraction of sp³-hybridized carbons (Fsp3) is 0.222. The van der Waals surface area contributed by atoms with Gasteiger partial charge in [0.25, 0.3) is 11.6 Å². The van der Waals surface area contributed by atoms with Crippen LogP contribution in [0.4, 0.5) is 11.4 Å². The van der Waals surface area contributed by atoms with E-state index in [-0.39, 0.29) is 10.8 Å². The minimum atomic E-state index is -0.517. The Balaban J connectivity index is 1.95. The van der Waals surface area contributed by atoms with Crippen molar-refractivity contribution in [3.05, 3.63) is 69.8 Å². The summed E-state index contributed by atoms with van der Waals surface area (Å²) in [4.78, 5) is 22.2. The molecule has 2 aromatic rings. The van der Waals surface area contributed by atoms with E-state index < -0.39 is 10.8 Å². The zero-order valence-electron chi connectivity index (χ0n) is 14.0. The number of anilines is 1. The number of nitrogens with zero attached hydrogens (tertiary/aromatic N) is 1. The largest absolute Gasteiger partial charge is 0.332 e. The number of benzene rings is 2. The highest BCUT2D eigenvalue weighted by Gasteiger charge is 2.11. The van der Waals surface area contributed by atoms with Crippen LogP contribution in [0.1, 0.15) is 42.1 Å². The average molecular weight is 357 g/mol. The lowest BCUT2D eigenvalue weighted by Gasteiger charge is -2.12. The van der Waals surface area contributed by atoms with E-state index in [0.717, 1.165) is 12.1 Å². The maximum atomic E-state index is 12.1. The van der Waals surface area contributed by atoms with Gasteiger partial charge in [0.05, 0.1) is 4.92 Å². The molecule has 0 radical (unpaired) electrons. The second kappa shape index (κ2) is 8.34. The van der Waals surface area contributed by atoms with Gasteiger partial charge in [-0.2, -0.15) is 0 Å². The molecule has 1 unspecified atom stereocenters. The van der Waals surface area contributed by atoms with Gasteiger partial charge in [-0.25, -0.2) is 0 Å². The van der Waals surface area contributed by atoms with Crippen LogP contribution in [0.2, 0.25) is 0 Å². The van der Waals surface area contributed by atoms with Gasteiger partial charge in [0.2, 0.25) is 0 Å². The Morgan fingerprint density at radius 3 is 2.28 bits per heavy atom. The van der Waals surface area contributed by atoms with E-state index in [0.29, 0.717) is 11.5 Å². The zero-order valence-corrected chi connectivity index (χ0v) is 14.8. The molecular weight excluding hydrogens is 338 g/mol. The number of non-ortho nitro benzene ring substituents is 1. The molecule has 25 heavy (non-hydrogen) atoms. The van der Waals surface area contributed by atoms with Crippen LogP contribution >= 0.6 is 12.2 Å². The van der Waals surface area contributed by atoms with E-state index in [1.54, 1.807) is 0 Å². The van der Waals surface area contributed by atoms with Crippen molar-refractivity contribution in [2.75, 3.05) is 5.32 Å². The number of nitro groups is 1. The SMILES string of the molecule is CCC(C)c1ccc(NC(=S)NC(=O)c2ccc([N+](=O)[O-])cc2)cc1. The molecular formula is C18H19N3O3S. The number of nitro benzene ring substituents is 1. The van der Waals surface area contributed by atoms with Crippen molar-refractivity contribution >= 4 is 34.6 Å². The van der Waals surface area contributed by atoms with Crippen molar-refractivity contribution in [1.82, 2.24) is 5.32 Å². The van der Waals surface area contributed by atoms with E-state index in [2.05, 4.69) is 24.5 Å². The first-order valence-corrected chi connectivity index (χ1v) is 8.28. The van der Waals surface area contributed by atoms with Crippen molar-refractivity contribution in [2.24, 2.45) is 0 Å². The van der Waals surface area contributed by atoms with Crippen LogP contribution in [-0.4, -0.2) is 15.9 Å². The van der Waals surface area contributed by atoms with Crippen LogP contribution < -0.4 is 10.6 Å². The Morgan fingerprint density at radius 2 is 1.76 bits per heavy atom. The Morgan fingerprint density at radius 1 is 1.16 bits per heavy atom. The highest BCUT2D eigenvalue weighted by Crippen LogP contribution is 2.20. The summed E-state index contributed by atoms with van der Waals surface area (Å²) in [6.45, 7) is 4.30. The van der Waals surface area contributed by atoms with Crippen LogP contribution in [0.3, 0.4) is 0 Å². The summed E-state index contributed by atoms with van der Waals surface area (Å²) in [6.07, 6.45) is 1.07. The quantitative estimate of drug-likeness (QED) is 0.475. The maximum Gasteiger partial charge on any atom is 0.269 e. The average Bonchev–Trinajstić information content (AvgIpc) is 2.61. The fourth-order valence-corrected chi connectivity index (χ4v) is 2.41. The molecule has 0 aliphatic rings. The number of amides is 1. The van der Waals surface area contributed by atoms with E-state index in [1.165, 1.54) is 29.8 Å². The fourth-order valence-electron chi connectivity index (χ4n) is 2.20. The lowest BCUT2D eigenvalue weighted by molar-refractivity contribution is -0.384. The van der Waals surface area contributed by atoms with Crippen LogP contribution in [0.15, 0.2) is 48.5 Å². The molecule has 0 saturated carbocycles. The van der Waals surface area contributed by atoms with E-state index in [9.17, 15) is 14.9 Å². The molecule has 0 aliphatic carbocycles. The highest BCUT2D eigenvalue weighted by molar-refractivity contribution is 7.80. The Kier molecular flexibility index (Phi) is 6.19. The molecule has 0 fully saturated rings. The smallest absolute Gasteiger partial charge is 0.269 e. The molecule has 0 aliphatic heterocycles. The molecule has 2 rings (SSSR count). The minimum absolute atomic E-state index is 0.0707. The second-order valence-corrected chi connectivity index (χ2v) is 6.05. The van der Waals surface area contributed by atoms with Crippen LogP contribution in [-0.2, 0) is 0 Å². The van der Waals surface area contributed by atoms with E-state index >= 15 is 0 Å². The summed E-state index contributed by atoms with van der Waals surface area (Å²) in [5, 5.41) is 16.3. The lowest BCUT2D eigenvalue weighted by atomic mass is 9.99. The predicted octanol–water partition coefficient (Wildman–Crippen LogP) is 4.24. The monoisotopic (exact) mass is 357 g/mol. The van der Waals surface area contributed by atoms with Crippen molar-refractivity contribution in [2.45, 2.75) is 26.2 Å². The van der Waals surface area contributed by atoms with Gasteiger partial charge in [-0.05, 0) is 54.4 Å². The topological polar surface area (TPSA) is 84.3 Å². The first-order chi connectivity index (χ1) is 11.9. The van der Waals surface area contributed by atoms with Crippen LogP contribution in [0.5, 0.6) is 0 Å². The van der Waals surface area contributed by atoms with Gasteiger partial charge in [0, 0.05) is 23.4 Å². The summed E-state index contributed by atoms with van der Waals surface area (Å²) in [5.41, 5.74) is 2.25. The number of carbonyl (C=O) groups is 1. The maximum absolute atomic E-state index is 12.1. The molecule has 1 amide bonds. The molecule has 130 valence electrons. The normalized spacial score (nSPS) is 11.4. The second-order valence-electron chi connectivity index (χ2n) is 5.64. The zero-order chi connectivity index (χ0) is 18.4. The first-order valence-electron chi connectivity index (χ1n) is 7.87. The van der Waals surface area contributed by atoms with Gasteiger partial charge in [0.1, 0.15) is 0 Å². The summed E-state index contributed by atoms with van der Waals surface area (Å²) in [7, 11) is 0. The summed E-state index contributed by atoms with van der Waals surface area (Å²) in [5.74, 6) is 0.0615. The molecule has 7 heteroatoms. The predicted molar refractivity (Wildman–Crippen MR) is 102 cm³/mol. The summed E-state index contributed by atoms with van der Waals surface area (Å²) < 4.78 is 0. The lowest BCUT2D eigenvalue weighted by Crippen LogP contribution is -2.34. The Hall–Kier alpha value is -2.80. The standard InChI is InChI=1S/C18H19N3O3S/c1-3-12(2)13-4-8-15(9-5-13)19-18(25)20-17(22)14-6-10-16(11-7-14)21(23)24/h4-12H,3H2,1-2H3,(H2,19,20,22,25). The summed E-state index contributed by atoms with van der Waals surface area (Å²) in [6, 6.07) is 13.2. The molecule has 0 aromatic heterocycles. The summed E-state index contributed by atoms with van der Waals surface area (Å²) >= 11 is 5.14. The third-order valence-electron chi connectivity index (χ3n) is 3.92. The van der Waals surface area contributed by atoms with Crippen molar-refractivity contribution in [1.29, 1.82) is 0 Å². The van der Waals surface area contributed by atoms with Crippen LogP contribution in [0.25, 0.3) is 0 Å². The Labute approximate surface area is 151 Å². The van der Waals surface area contributed by atoms with Gasteiger partial charge in [-0.3, -0.25) is 20.2 Å². The first kappa shape index (κ1) is 18.5. The third kappa shape index (κ3) is 5.09. The van der Waals surface area contributed by atoms with Gasteiger partial charge in [-0.1, -0.05) is 26.0 Å². The van der Waals surface area contributed by atoms with Gasteiger partial charge in [-0.15, -0.1) is 0 Å². The number of thiocarbonyl (C=S) groups is 1. The molecule has 0 saturated heterocycles. The van der Waals surface area contributed by atoms with Crippen LogP contribution in [0, 0.1) is 10.1 Å².